The molecule has 0 spiro atoms. The van der Waals surface area contributed by atoms with Crippen LogP contribution in [-0.2, 0) is 13.1 Å². The van der Waals surface area contributed by atoms with Gasteiger partial charge in [-0.1, -0.05) is 5.21 Å². The summed E-state index contributed by atoms with van der Waals surface area (Å²) in [5, 5.41) is 29.0. The second kappa shape index (κ2) is 4.69. The van der Waals surface area contributed by atoms with Gasteiger partial charge in [0.15, 0.2) is 0 Å². The average molecular weight is 212 g/mol. The normalized spacial score (nSPS) is 18.0. The Morgan fingerprint density at radius 1 is 1.60 bits per heavy atom. The third-order valence-corrected chi connectivity index (χ3v) is 2.34. The summed E-state index contributed by atoms with van der Waals surface area (Å²) in [7, 11) is 0. The maximum Gasteiger partial charge on any atom is 0.0966 e. The molecule has 0 radical (unpaired) electrons. The molecule has 1 heterocycles. The van der Waals surface area contributed by atoms with E-state index >= 15 is 0 Å². The van der Waals surface area contributed by atoms with Crippen LogP contribution in [0.2, 0.25) is 0 Å². The molecule has 1 aromatic rings. The number of aromatic nitrogens is 3. The number of hydrogen-bond acceptors (Lipinski definition) is 5. The first kappa shape index (κ1) is 10.5. The van der Waals surface area contributed by atoms with Crippen molar-refractivity contribution < 1.29 is 10.2 Å². The number of nitrogens with one attached hydrogen (secondary N) is 1. The molecule has 0 saturated heterocycles. The largest absolute Gasteiger partial charge is 0.394 e. The monoisotopic (exact) mass is 212 g/mol. The Kier molecular flexibility index (Phi) is 3.30. The van der Waals surface area contributed by atoms with Crippen molar-refractivity contribution in [2.45, 2.75) is 38.1 Å². The Morgan fingerprint density at radius 3 is 3.07 bits per heavy atom. The first-order valence-electron chi connectivity index (χ1n) is 5.19. The van der Waals surface area contributed by atoms with Crippen molar-refractivity contribution >= 4 is 0 Å². The average Bonchev–Trinajstić information content (AvgIpc) is 2.97. The van der Waals surface area contributed by atoms with Crippen molar-refractivity contribution in [3.05, 3.63) is 11.9 Å². The molecular weight excluding hydrogens is 196 g/mol. The van der Waals surface area contributed by atoms with Crippen molar-refractivity contribution in [3.63, 3.8) is 0 Å². The summed E-state index contributed by atoms with van der Waals surface area (Å²) in [5.41, 5.74) is 0.868. The highest BCUT2D eigenvalue weighted by molar-refractivity contribution is 4.94. The minimum atomic E-state index is -0.768. The fourth-order valence-corrected chi connectivity index (χ4v) is 1.32. The predicted molar refractivity (Wildman–Crippen MR) is 53.0 cm³/mol. The lowest BCUT2D eigenvalue weighted by molar-refractivity contribution is 0.0778. The highest BCUT2D eigenvalue weighted by atomic mass is 16.3. The van der Waals surface area contributed by atoms with Gasteiger partial charge in [0.25, 0.3) is 0 Å². The molecule has 6 nitrogen and oxygen atoms in total. The van der Waals surface area contributed by atoms with Gasteiger partial charge in [-0.3, -0.25) is 0 Å². The van der Waals surface area contributed by atoms with E-state index in [1.54, 1.807) is 10.9 Å². The van der Waals surface area contributed by atoms with Gasteiger partial charge < -0.3 is 15.5 Å². The standard InChI is InChI=1S/C9H16N4O2/c14-6-9(15)5-13-4-8(11-12-13)3-10-7-1-2-7/h4,7,9-10,14-15H,1-3,5-6H2. The predicted octanol–water partition coefficient (Wildman–Crippen LogP) is -1.12. The number of hydrogen-bond donors (Lipinski definition) is 3. The summed E-state index contributed by atoms with van der Waals surface area (Å²) in [6.07, 6.45) is 3.51. The summed E-state index contributed by atoms with van der Waals surface area (Å²) in [6.45, 7) is 0.752. The molecule has 2 rings (SSSR count). The zero-order valence-electron chi connectivity index (χ0n) is 8.50. The Bertz CT molecular complexity index is 311. The molecule has 1 fully saturated rings. The highest BCUT2D eigenvalue weighted by Crippen LogP contribution is 2.18. The number of rotatable bonds is 6. The van der Waals surface area contributed by atoms with Crippen molar-refractivity contribution in [2.75, 3.05) is 6.61 Å². The molecule has 1 aliphatic rings. The Morgan fingerprint density at radius 2 is 2.40 bits per heavy atom. The zero-order valence-corrected chi connectivity index (χ0v) is 8.50. The summed E-state index contributed by atoms with van der Waals surface area (Å²) in [6, 6.07) is 0.651. The van der Waals surface area contributed by atoms with E-state index in [4.69, 9.17) is 5.11 Å². The third-order valence-electron chi connectivity index (χ3n) is 2.34. The van der Waals surface area contributed by atoms with Crippen molar-refractivity contribution in [1.82, 2.24) is 20.3 Å². The fraction of sp³-hybridized carbons (Fsp3) is 0.778. The van der Waals surface area contributed by atoms with Crippen molar-refractivity contribution in [1.29, 1.82) is 0 Å². The smallest absolute Gasteiger partial charge is 0.0966 e. The van der Waals surface area contributed by atoms with E-state index in [1.165, 1.54) is 12.8 Å². The van der Waals surface area contributed by atoms with Gasteiger partial charge in [0, 0.05) is 18.8 Å². The summed E-state index contributed by atoms with van der Waals surface area (Å²) >= 11 is 0. The fourth-order valence-electron chi connectivity index (χ4n) is 1.32. The van der Waals surface area contributed by atoms with E-state index in [9.17, 15) is 5.11 Å². The van der Waals surface area contributed by atoms with E-state index in [2.05, 4.69) is 15.6 Å². The van der Waals surface area contributed by atoms with Crippen LogP contribution in [0.15, 0.2) is 6.20 Å². The van der Waals surface area contributed by atoms with E-state index in [-0.39, 0.29) is 13.2 Å². The van der Waals surface area contributed by atoms with Gasteiger partial charge in [0.05, 0.1) is 24.9 Å². The van der Waals surface area contributed by atoms with Crippen LogP contribution in [0.3, 0.4) is 0 Å². The van der Waals surface area contributed by atoms with Crippen LogP contribution < -0.4 is 5.32 Å². The molecule has 0 aromatic carbocycles. The highest BCUT2D eigenvalue weighted by Gasteiger charge is 2.20. The van der Waals surface area contributed by atoms with Crippen LogP contribution in [0.4, 0.5) is 0 Å². The van der Waals surface area contributed by atoms with Gasteiger partial charge in [0.1, 0.15) is 0 Å². The summed E-state index contributed by atoms with van der Waals surface area (Å²) in [5.74, 6) is 0. The minimum absolute atomic E-state index is 0.254. The molecule has 3 N–H and O–H groups in total. The summed E-state index contributed by atoms with van der Waals surface area (Å²) < 4.78 is 1.55. The van der Waals surface area contributed by atoms with Crippen LogP contribution in [0.1, 0.15) is 18.5 Å². The molecule has 6 heteroatoms. The quantitative estimate of drug-likeness (QED) is 0.556. The maximum atomic E-state index is 9.19. The molecule has 0 aliphatic heterocycles. The van der Waals surface area contributed by atoms with Gasteiger partial charge in [-0.25, -0.2) is 4.68 Å². The topological polar surface area (TPSA) is 83.2 Å². The van der Waals surface area contributed by atoms with Gasteiger partial charge in [-0.05, 0) is 12.8 Å². The molecule has 1 aliphatic carbocycles. The molecule has 1 aromatic heterocycles. The minimum Gasteiger partial charge on any atom is -0.394 e. The second-order valence-corrected chi connectivity index (χ2v) is 3.92. The van der Waals surface area contributed by atoms with Crippen LogP contribution >= 0.6 is 0 Å². The molecule has 0 bridgehead atoms. The lowest BCUT2D eigenvalue weighted by Gasteiger charge is -2.04. The van der Waals surface area contributed by atoms with Crippen LogP contribution in [0, 0.1) is 0 Å². The van der Waals surface area contributed by atoms with E-state index in [0.29, 0.717) is 6.04 Å². The number of nitrogens with zero attached hydrogens (tertiary/aromatic N) is 3. The van der Waals surface area contributed by atoms with Gasteiger partial charge in [-0.15, -0.1) is 5.10 Å². The van der Waals surface area contributed by atoms with Gasteiger partial charge in [0.2, 0.25) is 0 Å². The van der Waals surface area contributed by atoms with Gasteiger partial charge in [-0.2, -0.15) is 0 Å². The number of aliphatic hydroxyl groups excluding tert-OH is 2. The lowest BCUT2D eigenvalue weighted by atomic mass is 10.4. The lowest BCUT2D eigenvalue weighted by Crippen LogP contribution is -2.20. The Balaban J connectivity index is 1.79. The molecule has 1 saturated carbocycles. The van der Waals surface area contributed by atoms with Crippen LogP contribution in [0.25, 0.3) is 0 Å². The van der Waals surface area contributed by atoms with Crippen molar-refractivity contribution in [2.24, 2.45) is 0 Å². The molecule has 15 heavy (non-hydrogen) atoms. The van der Waals surface area contributed by atoms with Crippen LogP contribution in [0.5, 0.6) is 0 Å². The first-order valence-corrected chi connectivity index (χ1v) is 5.19. The summed E-state index contributed by atoms with van der Waals surface area (Å²) in [4.78, 5) is 0. The number of aliphatic hydroxyl groups is 2. The van der Waals surface area contributed by atoms with E-state index in [1.807, 2.05) is 0 Å². The van der Waals surface area contributed by atoms with Crippen molar-refractivity contribution in [3.8, 4) is 0 Å². The SMILES string of the molecule is OCC(O)Cn1cc(CNC2CC2)nn1. The second-order valence-electron chi connectivity index (χ2n) is 3.92. The van der Waals surface area contributed by atoms with Crippen LogP contribution in [-0.4, -0.2) is 44.0 Å². The molecule has 1 atom stereocenters. The molecule has 0 amide bonds. The first-order chi connectivity index (χ1) is 7.28. The zero-order chi connectivity index (χ0) is 10.7. The molecule has 84 valence electrons. The maximum absolute atomic E-state index is 9.19. The molecule has 1 unspecified atom stereocenters. The Labute approximate surface area is 87.9 Å². The molecular formula is C9H16N4O2. The third kappa shape index (κ3) is 3.26. The van der Waals surface area contributed by atoms with E-state index < -0.39 is 6.10 Å². The van der Waals surface area contributed by atoms with E-state index in [0.717, 1.165) is 12.2 Å². The van der Waals surface area contributed by atoms with Gasteiger partial charge >= 0.3 is 0 Å². The Hall–Kier alpha value is -0.980.